The van der Waals surface area contributed by atoms with Gasteiger partial charge in [-0.05, 0) is 39.1 Å². The van der Waals surface area contributed by atoms with Gasteiger partial charge < -0.3 is 5.11 Å². The third-order valence-electron chi connectivity index (χ3n) is 2.94. The van der Waals surface area contributed by atoms with Gasteiger partial charge in [-0.25, -0.2) is 4.98 Å². The molecule has 16 heavy (non-hydrogen) atoms. The van der Waals surface area contributed by atoms with Gasteiger partial charge in [0.1, 0.15) is 4.60 Å². The number of hydrogen-bond donors (Lipinski definition) is 0. The van der Waals surface area contributed by atoms with Crippen LogP contribution in [0.5, 0.6) is 0 Å². The SMILES string of the molecule is C[Si](Cc1nc(Br)ccc1C[OH2+])C(C)(C)C. The van der Waals surface area contributed by atoms with Gasteiger partial charge in [0.05, 0.1) is 8.80 Å². The molecule has 0 aromatic carbocycles. The minimum atomic E-state index is -0.473. The Morgan fingerprint density at radius 2 is 2.00 bits per heavy atom. The monoisotopic (exact) mass is 301 g/mol. The average Bonchev–Trinajstić information content (AvgIpc) is 2.16. The van der Waals surface area contributed by atoms with Gasteiger partial charge in [-0.3, -0.25) is 0 Å². The minimum absolute atomic E-state index is 0.328. The molecule has 1 rings (SSSR count). The van der Waals surface area contributed by atoms with E-state index in [1.165, 1.54) is 0 Å². The molecule has 0 bridgehead atoms. The fraction of sp³-hybridized carbons (Fsp3) is 0.583. The van der Waals surface area contributed by atoms with Gasteiger partial charge in [0.15, 0.2) is 6.61 Å². The van der Waals surface area contributed by atoms with Crippen LogP contribution in [-0.4, -0.2) is 18.9 Å². The first-order valence-corrected chi connectivity index (χ1v) is 8.46. The summed E-state index contributed by atoms with van der Waals surface area (Å²) in [5.74, 6) is 0. The lowest BCUT2D eigenvalue weighted by Gasteiger charge is -2.25. The summed E-state index contributed by atoms with van der Waals surface area (Å²) in [7, 11) is -0.473. The maximum Gasteiger partial charge on any atom is 0.171 e. The molecule has 1 aromatic rings. The lowest BCUT2D eigenvalue weighted by Crippen LogP contribution is -2.26. The standard InChI is InChI=1S/C12H19BrNOSi/c1-12(2,3)16(4)8-10-9(7-15)5-6-11(13)14-10/h5-6,15H,7-8H2,1-4H3/p+1. The zero-order valence-corrected chi connectivity index (χ0v) is 13.0. The molecule has 4 heteroatoms. The molecule has 0 atom stereocenters. The highest BCUT2D eigenvalue weighted by Crippen LogP contribution is 2.29. The molecule has 0 spiro atoms. The van der Waals surface area contributed by atoms with Gasteiger partial charge in [-0.1, -0.05) is 27.3 Å². The van der Waals surface area contributed by atoms with E-state index in [1.54, 1.807) is 0 Å². The van der Waals surface area contributed by atoms with E-state index in [1.807, 2.05) is 12.1 Å². The summed E-state index contributed by atoms with van der Waals surface area (Å²) in [4.78, 5) is 4.52. The molecular formula is C12H20BrNOSi+. The Hall–Kier alpha value is -0.193. The molecule has 0 aliphatic carbocycles. The van der Waals surface area contributed by atoms with Crippen molar-refractivity contribution in [2.24, 2.45) is 0 Å². The molecule has 0 fully saturated rings. The number of halogens is 1. The number of hydrogen-bond acceptors (Lipinski definition) is 1. The summed E-state index contributed by atoms with van der Waals surface area (Å²) in [6.45, 7) is 9.55. The Morgan fingerprint density at radius 3 is 2.50 bits per heavy atom. The van der Waals surface area contributed by atoms with Crippen molar-refractivity contribution in [3.05, 3.63) is 28.0 Å². The predicted octanol–water partition coefficient (Wildman–Crippen LogP) is 3.08. The van der Waals surface area contributed by atoms with Crippen molar-refractivity contribution in [1.82, 2.24) is 4.98 Å². The fourth-order valence-electron chi connectivity index (χ4n) is 1.33. The second kappa shape index (κ2) is 5.43. The van der Waals surface area contributed by atoms with E-state index in [9.17, 15) is 0 Å². The Labute approximate surface area is 108 Å². The maximum atomic E-state index is 7.51. The van der Waals surface area contributed by atoms with E-state index in [4.69, 9.17) is 5.11 Å². The van der Waals surface area contributed by atoms with Crippen LogP contribution in [0.1, 0.15) is 32.0 Å². The summed E-state index contributed by atoms with van der Waals surface area (Å²) < 4.78 is 0.878. The van der Waals surface area contributed by atoms with E-state index in [0.717, 1.165) is 21.9 Å². The van der Waals surface area contributed by atoms with Crippen LogP contribution >= 0.6 is 15.9 Å². The van der Waals surface area contributed by atoms with Gasteiger partial charge in [0, 0.05) is 11.3 Å². The lowest BCUT2D eigenvalue weighted by atomic mass is 10.2. The van der Waals surface area contributed by atoms with Crippen molar-refractivity contribution in [2.45, 2.75) is 45.0 Å². The van der Waals surface area contributed by atoms with E-state index in [0.29, 0.717) is 11.6 Å². The topological polar surface area (TPSA) is 35.8 Å². The average molecular weight is 302 g/mol. The van der Waals surface area contributed by atoms with Crippen molar-refractivity contribution in [3.8, 4) is 0 Å². The Bertz CT molecular complexity index is 363. The molecule has 2 N–H and O–H groups in total. The highest BCUT2D eigenvalue weighted by molar-refractivity contribution is 9.10. The molecule has 0 unspecified atom stereocenters. The lowest BCUT2D eigenvalue weighted by molar-refractivity contribution is 0.280. The Morgan fingerprint density at radius 1 is 1.38 bits per heavy atom. The first-order chi connectivity index (χ1) is 7.34. The quantitative estimate of drug-likeness (QED) is 0.480. The highest BCUT2D eigenvalue weighted by atomic mass is 79.9. The zero-order valence-electron chi connectivity index (χ0n) is 10.4. The number of nitrogens with zero attached hydrogens (tertiary/aromatic N) is 1. The second-order valence-electron chi connectivity index (χ2n) is 5.12. The second-order valence-corrected chi connectivity index (χ2v) is 9.35. The predicted molar refractivity (Wildman–Crippen MR) is 74.3 cm³/mol. The molecule has 0 amide bonds. The van der Waals surface area contributed by atoms with Gasteiger partial charge >= 0.3 is 0 Å². The zero-order chi connectivity index (χ0) is 12.3. The molecule has 1 aromatic heterocycles. The Balaban J connectivity index is 2.91. The van der Waals surface area contributed by atoms with E-state index < -0.39 is 8.80 Å². The molecule has 1 heterocycles. The maximum absolute atomic E-state index is 7.51. The van der Waals surface area contributed by atoms with Crippen LogP contribution in [0.3, 0.4) is 0 Å². The van der Waals surface area contributed by atoms with Gasteiger partial charge in [-0.15, -0.1) is 0 Å². The highest BCUT2D eigenvalue weighted by Gasteiger charge is 2.23. The van der Waals surface area contributed by atoms with Crippen molar-refractivity contribution in [1.29, 1.82) is 0 Å². The van der Waals surface area contributed by atoms with E-state index in [2.05, 4.69) is 48.2 Å². The number of pyridine rings is 1. The van der Waals surface area contributed by atoms with Crippen molar-refractivity contribution in [3.63, 3.8) is 0 Å². The van der Waals surface area contributed by atoms with Crippen LogP contribution < -0.4 is 0 Å². The smallest absolute Gasteiger partial charge is 0.171 e. The van der Waals surface area contributed by atoms with Crippen molar-refractivity contribution < 1.29 is 5.11 Å². The first kappa shape index (κ1) is 13.9. The first-order valence-electron chi connectivity index (χ1n) is 5.46. The van der Waals surface area contributed by atoms with Crippen LogP contribution in [0.2, 0.25) is 11.6 Å². The largest absolute Gasteiger partial charge is 0.442 e. The molecular weight excluding hydrogens is 282 g/mol. The van der Waals surface area contributed by atoms with Crippen LogP contribution in [0.4, 0.5) is 0 Å². The summed E-state index contributed by atoms with van der Waals surface area (Å²) in [6, 6.07) is 4.98. The van der Waals surface area contributed by atoms with Crippen LogP contribution in [0.25, 0.3) is 0 Å². The molecule has 89 valence electrons. The Kier molecular flexibility index (Phi) is 4.70. The van der Waals surface area contributed by atoms with Crippen molar-refractivity contribution in [2.75, 3.05) is 0 Å². The van der Waals surface area contributed by atoms with Gasteiger partial charge in [-0.2, -0.15) is 0 Å². The van der Waals surface area contributed by atoms with Crippen LogP contribution in [0, 0.1) is 0 Å². The van der Waals surface area contributed by atoms with E-state index in [-0.39, 0.29) is 0 Å². The summed E-state index contributed by atoms with van der Waals surface area (Å²) >= 11 is 3.40. The minimum Gasteiger partial charge on any atom is -0.442 e. The summed E-state index contributed by atoms with van der Waals surface area (Å²) in [5.41, 5.74) is 2.17. The molecule has 0 aliphatic heterocycles. The fourth-order valence-corrected chi connectivity index (χ4v) is 3.02. The normalized spacial score (nSPS) is 12.2. The molecule has 0 aliphatic rings. The molecule has 0 saturated heterocycles. The third-order valence-corrected chi connectivity index (χ3v) is 6.81. The van der Waals surface area contributed by atoms with Crippen molar-refractivity contribution >= 4 is 24.7 Å². The van der Waals surface area contributed by atoms with E-state index >= 15 is 0 Å². The van der Waals surface area contributed by atoms with Gasteiger partial charge in [0.2, 0.25) is 0 Å². The molecule has 1 radical (unpaired) electrons. The number of rotatable bonds is 3. The third kappa shape index (κ3) is 3.68. The summed E-state index contributed by atoms with van der Waals surface area (Å²) in [6.07, 6.45) is 0. The molecule has 2 nitrogen and oxygen atoms in total. The molecule has 0 saturated carbocycles. The summed E-state index contributed by atoms with van der Waals surface area (Å²) in [5, 5.41) is 7.89. The van der Waals surface area contributed by atoms with Gasteiger partial charge in [0.25, 0.3) is 0 Å². The van der Waals surface area contributed by atoms with Crippen LogP contribution in [0.15, 0.2) is 16.7 Å². The number of aromatic nitrogens is 1. The van der Waals surface area contributed by atoms with Crippen LogP contribution in [-0.2, 0) is 12.7 Å².